The molecule has 2 heterocycles. The highest BCUT2D eigenvalue weighted by atomic mass is 35.5. The molecular formula is C28H24ClFO5. The van der Waals surface area contributed by atoms with Crippen LogP contribution in [0.1, 0.15) is 30.9 Å². The summed E-state index contributed by atoms with van der Waals surface area (Å²) >= 11 is 6.14. The summed E-state index contributed by atoms with van der Waals surface area (Å²) in [5.41, 5.74) is 2.49. The minimum absolute atomic E-state index is 0.0345. The molecule has 0 atom stereocenters. The number of fused-ring (bicyclic) bond motifs is 2. The fourth-order valence-electron chi connectivity index (χ4n) is 4.15. The third kappa shape index (κ3) is 4.71. The Kier molecular flexibility index (Phi) is 6.64. The lowest BCUT2D eigenvalue weighted by atomic mass is 10.0. The van der Waals surface area contributed by atoms with Crippen LogP contribution in [0.4, 0.5) is 4.39 Å². The van der Waals surface area contributed by atoms with E-state index in [0.29, 0.717) is 64.0 Å². The number of hydrogen-bond donors (Lipinski definition) is 0. The lowest BCUT2D eigenvalue weighted by molar-refractivity contribution is 0.296. The molecule has 3 aromatic carbocycles. The van der Waals surface area contributed by atoms with E-state index in [9.17, 15) is 9.18 Å². The predicted octanol–water partition coefficient (Wildman–Crippen LogP) is 6.95. The molecule has 0 saturated heterocycles. The fourth-order valence-corrected chi connectivity index (χ4v) is 4.37. The van der Waals surface area contributed by atoms with Crippen molar-refractivity contribution in [3.8, 4) is 28.4 Å². The van der Waals surface area contributed by atoms with Crippen LogP contribution < -0.4 is 19.6 Å². The summed E-state index contributed by atoms with van der Waals surface area (Å²) in [5.74, 6) is 1.38. The number of benzene rings is 3. The summed E-state index contributed by atoms with van der Waals surface area (Å²) in [6.45, 7) is 3.16. The average Bonchev–Trinajstić information content (AvgIpc) is 3.10. The summed E-state index contributed by atoms with van der Waals surface area (Å²) in [7, 11) is 0. The maximum Gasteiger partial charge on any atom is 0.200 e. The van der Waals surface area contributed by atoms with Crippen molar-refractivity contribution in [2.24, 2.45) is 0 Å². The number of halogens is 2. The van der Waals surface area contributed by atoms with Crippen molar-refractivity contribution in [1.29, 1.82) is 0 Å². The molecule has 0 bridgehead atoms. The van der Waals surface area contributed by atoms with E-state index >= 15 is 0 Å². The highest BCUT2D eigenvalue weighted by Crippen LogP contribution is 2.35. The number of ether oxygens (including phenoxy) is 3. The normalized spacial score (nSPS) is 13.0. The Morgan fingerprint density at radius 1 is 1.06 bits per heavy atom. The van der Waals surface area contributed by atoms with Gasteiger partial charge in [-0.25, -0.2) is 4.39 Å². The van der Waals surface area contributed by atoms with E-state index in [1.54, 1.807) is 30.3 Å². The molecule has 0 unspecified atom stereocenters. The molecule has 1 aromatic heterocycles. The van der Waals surface area contributed by atoms with E-state index in [-0.39, 0.29) is 17.6 Å². The van der Waals surface area contributed by atoms with Crippen molar-refractivity contribution in [2.75, 3.05) is 13.2 Å². The summed E-state index contributed by atoms with van der Waals surface area (Å²) < 4.78 is 37.5. The molecular weight excluding hydrogens is 471 g/mol. The summed E-state index contributed by atoms with van der Waals surface area (Å²) in [6.07, 6.45) is 3.77. The molecule has 35 heavy (non-hydrogen) atoms. The van der Waals surface area contributed by atoms with Gasteiger partial charge in [-0.3, -0.25) is 4.79 Å². The molecule has 0 spiro atoms. The Labute approximate surface area is 207 Å². The van der Waals surface area contributed by atoms with Gasteiger partial charge in [-0.1, -0.05) is 37.1 Å². The van der Waals surface area contributed by atoms with E-state index in [4.69, 9.17) is 30.2 Å². The van der Waals surface area contributed by atoms with E-state index in [0.717, 1.165) is 18.4 Å². The van der Waals surface area contributed by atoms with Crippen LogP contribution in [0.15, 0.2) is 64.0 Å². The largest absolute Gasteiger partial charge is 0.490 e. The minimum Gasteiger partial charge on any atom is -0.490 e. The van der Waals surface area contributed by atoms with Crippen molar-refractivity contribution in [1.82, 2.24) is 0 Å². The van der Waals surface area contributed by atoms with Gasteiger partial charge in [0, 0.05) is 18.1 Å². The number of hydrogen-bond acceptors (Lipinski definition) is 5. The van der Waals surface area contributed by atoms with E-state index in [1.807, 2.05) is 19.1 Å². The van der Waals surface area contributed by atoms with Crippen molar-refractivity contribution in [3.63, 3.8) is 0 Å². The van der Waals surface area contributed by atoms with Gasteiger partial charge >= 0.3 is 0 Å². The molecule has 0 radical (unpaired) electrons. The van der Waals surface area contributed by atoms with Gasteiger partial charge in [-0.2, -0.15) is 0 Å². The molecule has 0 saturated carbocycles. The van der Waals surface area contributed by atoms with Crippen molar-refractivity contribution in [3.05, 3.63) is 87.0 Å². The lowest BCUT2D eigenvalue weighted by Crippen LogP contribution is -2.07. The van der Waals surface area contributed by atoms with Crippen LogP contribution in [0, 0.1) is 5.82 Å². The molecule has 5 nitrogen and oxygen atoms in total. The van der Waals surface area contributed by atoms with Crippen LogP contribution in [0.5, 0.6) is 17.2 Å². The molecule has 0 fully saturated rings. The standard InChI is InChI=1S/C28H24ClFO5/c1-2-5-18-12-19-26(14-25(18)34-16-21-22(29)6-3-7-23(21)30)35-15-20(28(19)31)17-8-9-24-27(13-17)33-11-4-10-32-24/h3,6-9,12-15H,2,4-5,10-11,16H2,1H3. The molecule has 180 valence electrons. The Morgan fingerprint density at radius 3 is 2.69 bits per heavy atom. The zero-order chi connectivity index (χ0) is 24.4. The van der Waals surface area contributed by atoms with Crippen LogP contribution in [-0.4, -0.2) is 13.2 Å². The van der Waals surface area contributed by atoms with Crippen LogP contribution in [0.3, 0.4) is 0 Å². The van der Waals surface area contributed by atoms with Crippen molar-refractivity contribution < 1.29 is 23.0 Å². The second-order valence-electron chi connectivity index (χ2n) is 8.39. The van der Waals surface area contributed by atoms with Gasteiger partial charge in [-0.15, -0.1) is 0 Å². The Hall–Kier alpha value is -3.51. The molecule has 1 aliphatic heterocycles. The molecule has 4 aromatic rings. The van der Waals surface area contributed by atoms with Crippen molar-refractivity contribution >= 4 is 22.6 Å². The predicted molar refractivity (Wildman–Crippen MR) is 133 cm³/mol. The second-order valence-corrected chi connectivity index (χ2v) is 8.79. The van der Waals surface area contributed by atoms with E-state index in [1.165, 1.54) is 12.3 Å². The number of rotatable bonds is 6. The first-order valence-corrected chi connectivity index (χ1v) is 12.0. The van der Waals surface area contributed by atoms with E-state index < -0.39 is 5.82 Å². The maximum atomic E-state index is 14.2. The lowest BCUT2D eigenvalue weighted by Gasteiger charge is -2.14. The molecule has 0 aliphatic carbocycles. The zero-order valence-corrected chi connectivity index (χ0v) is 20.0. The Morgan fingerprint density at radius 2 is 1.89 bits per heavy atom. The second kappa shape index (κ2) is 10.0. The van der Waals surface area contributed by atoms with Gasteiger partial charge in [-0.05, 0) is 47.9 Å². The first-order chi connectivity index (χ1) is 17.0. The smallest absolute Gasteiger partial charge is 0.200 e. The van der Waals surface area contributed by atoms with Crippen LogP contribution >= 0.6 is 11.6 Å². The fraction of sp³-hybridized carbons (Fsp3) is 0.250. The van der Waals surface area contributed by atoms with E-state index in [2.05, 4.69) is 0 Å². The van der Waals surface area contributed by atoms with Gasteiger partial charge in [0.25, 0.3) is 0 Å². The summed E-state index contributed by atoms with van der Waals surface area (Å²) in [6, 6.07) is 13.5. The molecule has 0 amide bonds. The highest BCUT2D eigenvalue weighted by molar-refractivity contribution is 6.31. The summed E-state index contributed by atoms with van der Waals surface area (Å²) in [4.78, 5) is 13.5. The van der Waals surface area contributed by atoms with Gasteiger partial charge in [0.15, 0.2) is 11.5 Å². The van der Waals surface area contributed by atoms with Gasteiger partial charge in [0.1, 0.15) is 30.0 Å². The maximum absolute atomic E-state index is 14.2. The highest BCUT2D eigenvalue weighted by Gasteiger charge is 2.17. The Bertz CT molecular complexity index is 1430. The van der Waals surface area contributed by atoms with Gasteiger partial charge < -0.3 is 18.6 Å². The minimum atomic E-state index is -0.429. The third-order valence-corrected chi connectivity index (χ3v) is 6.32. The molecule has 0 N–H and O–H groups in total. The van der Waals surface area contributed by atoms with Gasteiger partial charge in [0.05, 0.1) is 29.2 Å². The number of aryl methyl sites for hydroxylation is 1. The monoisotopic (exact) mass is 494 g/mol. The molecule has 1 aliphatic rings. The first kappa shape index (κ1) is 23.2. The third-order valence-electron chi connectivity index (χ3n) is 5.97. The van der Waals surface area contributed by atoms with Gasteiger partial charge in [0.2, 0.25) is 5.43 Å². The first-order valence-electron chi connectivity index (χ1n) is 11.6. The quantitative estimate of drug-likeness (QED) is 0.290. The van der Waals surface area contributed by atoms with Crippen LogP contribution in [0.25, 0.3) is 22.1 Å². The van der Waals surface area contributed by atoms with Crippen LogP contribution in [0.2, 0.25) is 5.02 Å². The van der Waals surface area contributed by atoms with Crippen LogP contribution in [-0.2, 0) is 13.0 Å². The zero-order valence-electron chi connectivity index (χ0n) is 19.2. The summed E-state index contributed by atoms with van der Waals surface area (Å²) in [5, 5.41) is 0.753. The Balaban J connectivity index is 1.52. The topological polar surface area (TPSA) is 57.9 Å². The van der Waals surface area contributed by atoms with Crippen molar-refractivity contribution in [2.45, 2.75) is 32.8 Å². The molecule has 5 rings (SSSR count). The average molecular weight is 495 g/mol. The molecule has 7 heteroatoms. The SMILES string of the molecule is CCCc1cc2c(=O)c(-c3ccc4c(c3)OCCCO4)coc2cc1OCc1c(F)cccc1Cl.